The van der Waals surface area contributed by atoms with E-state index >= 15 is 0 Å². The Bertz CT molecular complexity index is 699. The fourth-order valence-corrected chi connectivity index (χ4v) is 4.01. The van der Waals surface area contributed by atoms with Gasteiger partial charge >= 0.3 is 0 Å². The maximum Gasteiger partial charge on any atom is 0.223 e. The van der Waals surface area contributed by atoms with Crippen molar-refractivity contribution in [3.8, 4) is 0 Å². The van der Waals surface area contributed by atoms with Gasteiger partial charge in [0.25, 0.3) is 0 Å². The minimum atomic E-state index is -2.99. The monoisotopic (exact) mass is 390 g/mol. The fraction of sp³-hybridized carbons (Fsp3) is 0.706. The zero-order valence-corrected chi connectivity index (χ0v) is 16.4. The van der Waals surface area contributed by atoms with Crippen LogP contribution in [0, 0.1) is 12.8 Å². The van der Waals surface area contributed by atoms with E-state index in [4.69, 9.17) is 4.42 Å². The smallest absolute Gasteiger partial charge is 0.223 e. The third kappa shape index (κ3) is 5.21. The van der Waals surface area contributed by atoms with Crippen molar-refractivity contribution >= 4 is 28.2 Å². The van der Waals surface area contributed by atoms with Gasteiger partial charge in [0.1, 0.15) is 21.4 Å². The van der Waals surface area contributed by atoms with Gasteiger partial charge in [-0.25, -0.2) is 8.42 Å². The molecule has 1 saturated carbocycles. The number of aryl methyl sites for hydroxylation is 1. The van der Waals surface area contributed by atoms with Crippen LogP contribution in [0.3, 0.4) is 0 Å². The van der Waals surface area contributed by atoms with Gasteiger partial charge < -0.3 is 9.73 Å². The first-order valence-corrected chi connectivity index (χ1v) is 10.6. The molecule has 0 aromatic carbocycles. The van der Waals surface area contributed by atoms with Crippen molar-refractivity contribution in [1.82, 2.24) is 10.2 Å². The summed E-state index contributed by atoms with van der Waals surface area (Å²) in [4.78, 5) is 14.4. The highest BCUT2D eigenvalue weighted by Gasteiger charge is 2.38. The van der Waals surface area contributed by atoms with Crippen LogP contribution in [-0.4, -0.2) is 56.9 Å². The number of nitrogens with zero attached hydrogens (tertiary/aromatic N) is 1. The quantitative estimate of drug-likeness (QED) is 0.800. The van der Waals surface area contributed by atoms with E-state index in [0.29, 0.717) is 19.6 Å². The summed E-state index contributed by atoms with van der Waals surface area (Å²) in [6.45, 7) is 3.77. The molecule has 8 heteroatoms. The Morgan fingerprint density at radius 3 is 2.56 bits per heavy atom. The van der Waals surface area contributed by atoms with Crippen LogP contribution >= 0.6 is 12.4 Å². The summed E-state index contributed by atoms with van der Waals surface area (Å²) in [6, 6.07) is 3.87. The second kappa shape index (κ2) is 8.10. The lowest BCUT2D eigenvalue weighted by Gasteiger charge is -2.27. The molecular weight excluding hydrogens is 364 g/mol. The first-order chi connectivity index (χ1) is 11.3. The summed E-state index contributed by atoms with van der Waals surface area (Å²) in [5.41, 5.74) is 0. The van der Waals surface area contributed by atoms with Gasteiger partial charge in [-0.1, -0.05) is 6.42 Å². The van der Waals surface area contributed by atoms with E-state index in [9.17, 15) is 13.2 Å². The van der Waals surface area contributed by atoms with Crippen LogP contribution in [0.1, 0.15) is 36.7 Å². The van der Waals surface area contributed by atoms with Gasteiger partial charge in [0.2, 0.25) is 5.91 Å². The average Bonchev–Trinajstić information content (AvgIpc) is 3.00. The van der Waals surface area contributed by atoms with E-state index in [2.05, 4.69) is 10.2 Å². The number of carbonyl (C=O) groups is 1. The maximum atomic E-state index is 12.3. The third-order valence-electron chi connectivity index (χ3n) is 5.10. The minimum absolute atomic E-state index is 0. The predicted octanol–water partition coefficient (Wildman–Crippen LogP) is 1.74. The van der Waals surface area contributed by atoms with Crippen LogP contribution < -0.4 is 5.32 Å². The standard InChI is InChI=1S/C17H26N2O4S.ClH/c1-12-6-7-16(23-12)14-10-19(8-9-24(2,21)22)11-15(14)18-17(20)13-4-3-5-13;/h6-7,13-15H,3-5,8-11H2,1-2H3,(H,18,20);1H/t14-,15-;/m0./s1. The largest absolute Gasteiger partial charge is 0.466 e. The Labute approximate surface area is 155 Å². The van der Waals surface area contributed by atoms with Crippen molar-refractivity contribution in [2.75, 3.05) is 31.6 Å². The van der Waals surface area contributed by atoms with Crippen molar-refractivity contribution < 1.29 is 17.6 Å². The molecule has 1 amide bonds. The molecule has 1 aliphatic heterocycles. The van der Waals surface area contributed by atoms with Crippen LogP contribution in [0.15, 0.2) is 16.5 Å². The van der Waals surface area contributed by atoms with E-state index in [1.165, 1.54) is 6.26 Å². The van der Waals surface area contributed by atoms with Crippen molar-refractivity contribution in [2.24, 2.45) is 5.92 Å². The van der Waals surface area contributed by atoms with Crippen LogP contribution in [0.25, 0.3) is 0 Å². The molecule has 25 heavy (non-hydrogen) atoms. The Hall–Kier alpha value is -1.05. The van der Waals surface area contributed by atoms with Gasteiger partial charge in [-0.05, 0) is 31.9 Å². The Morgan fingerprint density at radius 1 is 1.32 bits per heavy atom. The molecule has 1 aromatic heterocycles. The van der Waals surface area contributed by atoms with E-state index < -0.39 is 9.84 Å². The molecule has 0 bridgehead atoms. The number of furan rings is 1. The molecule has 3 rings (SSSR count). The lowest BCUT2D eigenvalue weighted by molar-refractivity contribution is -0.128. The summed E-state index contributed by atoms with van der Waals surface area (Å²) in [5.74, 6) is 2.21. The highest BCUT2D eigenvalue weighted by atomic mass is 35.5. The number of hydrogen-bond acceptors (Lipinski definition) is 5. The molecule has 2 heterocycles. The number of halogens is 1. The lowest BCUT2D eigenvalue weighted by Crippen LogP contribution is -2.44. The van der Waals surface area contributed by atoms with Crippen molar-refractivity contribution in [2.45, 2.75) is 38.1 Å². The number of likely N-dealkylation sites (tertiary alicyclic amines) is 1. The molecule has 0 unspecified atom stereocenters. The van der Waals surface area contributed by atoms with E-state index in [1.54, 1.807) is 0 Å². The summed E-state index contributed by atoms with van der Waals surface area (Å²) in [7, 11) is -2.99. The normalized spacial score (nSPS) is 24.6. The highest BCUT2D eigenvalue weighted by molar-refractivity contribution is 7.90. The molecular formula is C17H27ClN2O4S. The molecule has 0 spiro atoms. The van der Waals surface area contributed by atoms with Crippen LogP contribution in [0.2, 0.25) is 0 Å². The SMILES string of the molecule is Cc1ccc([C@H]2CN(CCS(C)(=O)=O)C[C@@H]2NC(=O)C2CCC2)o1.Cl. The van der Waals surface area contributed by atoms with E-state index in [-0.39, 0.29) is 41.9 Å². The number of rotatable bonds is 6. The molecule has 2 aliphatic rings. The van der Waals surface area contributed by atoms with Gasteiger partial charge in [0, 0.05) is 31.8 Å². The molecule has 1 N–H and O–H groups in total. The highest BCUT2D eigenvalue weighted by Crippen LogP contribution is 2.31. The van der Waals surface area contributed by atoms with Gasteiger partial charge in [0.15, 0.2) is 0 Å². The molecule has 142 valence electrons. The molecule has 2 atom stereocenters. The Morgan fingerprint density at radius 2 is 2.04 bits per heavy atom. The molecule has 1 saturated heterocycles. The second-order valence-electron chi connectivity index (χ2n) is 7.19. The van der Waals surface area contributed by atoms with Gasteiger partial charge in [-0.3, -0.25) is 9.69 Å². The number of nitrogens with one attached hydrogen (secondary N) is 1. The summed E-state index contributed by atoms with van der Waals surface area (Å²) < 4.78 is 28.6. The van der Waals surface area contributed by atoms with Crippen molar-refractivity contribution in [1.29, 1.82) is 0 Å². The number of hydrogen-bond donors (Lipinski definition) is 1. The summed E-state index contributed by atoms with van der Waals surface area (Å²) in [6.07, 6.45) is 4.33. The van der Waals surface area contributed by atoms with Crippen LogP contribution in [0.5, 0.6) is 0 Å². The Kier molecular flexibility index (Phi) is 6.56. The van der Waals surface area contributed by atoms with Gasteiger partial charge in [-0.15, -0.1) is 12.4 Å². The lowest BCUT2D eigenvalue weighted by atomic mass is 9.84. The predicted molar refractivity (Wildman–Crippen MR) is 98.9 cm³/mol. The first kappa shape index (κ1) is 20.3. The summed E-state index contributed by atoms with van der Waals surface area (Å²) in [5, 5.41) is 3.18. The third-order valence-corrected chi connectivity index (χ3v) is 6.03. The number of amides is 1. The van der Waals surface area contributed by atoms with Crippen LogP contribution in [0.4, 0.5) is 0 Å². The average molecular weight is 391 g/mol. The second-order valence-corrected chi connectivity index (χ2v) is 9.45. The summed E-state index contributed by atoms with van der Waals surface area (Å²) >= 11 is 0. The number of sulfone groups is 1. The topological polar surface area (TPSA) is 79.6 Å². The van der Waals surface area contributed by atoms with Crippen molar-refractivity contribution in [3.63, 3.8) is 0 Å². The van der Waals surface area contributed by atoms with Gasteiger partial charge in [0.05, 0.1) is 17.7 Å². The minimum Gasteiger partial charge on any atom is -0.466 e. The molecule has 6 nitrogen and oxygen atoms in total. The fourth-order valence-electron chi connectivity index (χ4n) is 3.42. The zero-order chi connectivity index (χ0) is 17.3. The molecule has 2 fully saturated rings. The Balaban J connectivity index is 0.00000225. The van der Waals surface area contributed by atoms with E-state index in [1.807, 2.05) is 19.1 Å². The number of carbonyl (C=O) groups excluding carboxylic acids is 1. The molecule has 1 aromatic rings. The van der Waals surface area contributed by atoms with Gasteiger partial charge in [-0.2, -0.15) is 0 Å². The maximum absolute atomic E-state index is 12.3. The van der Waals surface area contributed by atoms with E-state index in [0.717, 1.165) is 30.8 Å². The van der Waals surface area contributed by atoms with Crippen LogP contribution in [-0.2, 0) is 14.6 Å². The zero-order valence-electron chi connectivity index (χ0n) is 14.7. The van der Waals surface area contributed by atoms with Crippen molar-refractivity contribution in [3.05, 3.63) is 23.7 Å². The molecule has 1 aliphatic carbocycles. The first-order valence-electron chi connectivity index (χ1n) is 8.58. The molecule has 0 radical (unpaired) electrons.